The molecule has 2 aromatic rings. The zero-order valence-corrected chi connectivity index (χ0v) is 14.8. The molecule has 0 N–H and O–H groups in total. The summed E-state index contributed by atoms with van der Waals surface area (Å²) in [5.74, 6) is 0.684. The number of rotatable bonds is 5. The number of aromatic nitrogens is 2. The Morgan fingerprint density at radius 3 is 2.44 bits per heavy atom. The second-order valence-corrected chi connectivity index (χ2v) is 6.46. The van der Waals surface area contributed by atoms with Crippen molar-refractivity contribution in [1.82, 2.24) is 15.1 Å². The maximum absolute atomic E-state index is 11.9. The summed E-state index contributed by atoms with van der Waals surface area (Å²) in [5, 5.41) is 8.27. The summed E-state index contributed by atoms with van der Waals surface area (Å²) in [4.78, 5) is 15.6. The van der Waals surface area contributed by atoms with Gasteiger partial charge in [-0.15, -0.1) is 10.2 Å². The van der Waals surface area contributed by atoms with Crippen molar-refractivity contribution in [2.75, 3.05) is 32.1 Å². The summed E-state index contributed by atoms with van der Waals surface area (Å²) in [6.07, 6.45) is 2.21. The monoisotopic (exact) mass is 340 g/mol. The summed E-state index contributed by atoms with van der Waals surface area (Å²) >= 11 is 0. The van der Waals surface area contributed by atoms with Crippen molar-refractivity contribution in [1.29, 1.82) is 0 Å². The first kappa shape index (κ1) is 17.4. The highest BCUT2D eigenvalue weighted by Gasteiger charge is 2.21. The molecule has 132 valence electrons. The average molecular weight is 340 g/mol. The summed E-state index contributed by atoms with van der Waals surface area (Å²) in [6, 6.07) is 13.9. The topological polar surface area (TPSA) is 58.6 Å². The summed E-state index contributed by atoms with van der Waals surface area (Å²) in [5.41, 5.74) is 1.58. The van der Waals surface area contributed by atoms with E-state index in [2.05, 4.69) is 27.2 Å². The Morgan fingerprint density at radius 1 is 1.12 bits per heavy atom. The molecule has 0 atom stereocenters. The maximum Gasteiger partial charge on any atom is 0.273 e. The van der Waals surface area contributed by atoms with E-state index in [-0.39, 0.29) is 12.0 Å². The second kappa shape index (κ2) is 8.07. The van der Waals surface area contributed by atoms with Crippen molar-refractivity contribution < 1.29 is 9.53 Å². The third-order valence-electron chi connectivity index (χ3n) is 4.37. The first-order valence-electron chi connectivity index (χ1n) is 8.59. The molecule has 0 spiro atoms. The SMILES string of the molecule is CN(C)C(=O)c1ccc(N2CCC(OCc3ccccc3)CC2)nn1. The molecule has 2 heterocycles. The Hall–Kier alpha value is -2.47. The minimum absolute atomic E-state index is 0.132. The minimum Gasteiger partial charge on any atom is -0.373 e. The third-order valence-corrected chi connectivity index (χ3v) is 4.37. The van der Waals surface area contributed by atoms with Crippen LogP contribution in [-0.4, -0.2) is 54.3 Å². The number of benzene rings is 1. The first-order valence-corrected chi connectivity index (χ1v) is 8.59. The molecule has 1 fully saturated rings. The summed E-state index contributed by atoms with van der Waals surface area (Å²) < 4.78 is 6.02. The molecule has 25 heavy (non-hydrogen) atoms. The Labute approximate surface area is 148 Å². The largest absolute Gasteiger partial charge is 0.373 e. The number of hydrogen-bond donors (Lipinski definition) is 0. The zero-order chi connectivity index (χ0) is 17.6. The maximum atomic E-state index is 11.9. The lowest BCUT2D eigenvalue weighted by Crippen LogP contribution is -2.37. The van der Waals surface area contributed by atoms with Gasteiger partial charge in [-0.3, -0.25) is 4.79 Å². The van der Waals surface area contributed by atoms with E-state index in [0.717, 1.165) is 31.7 Å². The van der Waals surface area contributed by atoms with E-state index in [1.807, 2.05) is 24.3 Å². The van der Waals surface area contributed by atoms with Gasteiger partial charge in [0.1, 0.15) is 0 Å². The molecule has 0 radical (unpaired) electrons. The van der Waals surface area contributed by atoms with Gasteiger partial charge in [0.05, 0.1) is 12.7 Å². The molecule has 1 amide bonds. The van der Waals surface area contributed by atoms with Gasteiger partial charge in [-0.2, -0.15) is 0 Å². The standard InChI is InChI=1S/C19H24N4O2/c1-22(2)19(24)17-8-9-18(21-20-17)23-12-10-16(11-13-23)25-14-15-6-4-3-5-7-15/h3-9,16H,10-14H2,1-2H3. The Kier molecular flexibility index (Phi) is 5.60. The van der Waals surface area contributed by atoms with E-state index >= 15 is 0 Å². The molecule has 1 saturated heterocycles. The molecular weight excluding hydrogens is 316 g/mol. The van der Waals surface area contributed by atoms with Crippen molar-refractivity contribution in [3.05, 3.63) is 53.7 Å². The molecule has 6 heteroatoms. The normalized spacial score (nSPS) is 15.2. The average Bonchev–Trinajstić information content (AvgIpc) is 2.67. The van der Waals surface area contributed by atoms with Crippen LogP contribution >= 0.6 is 0 Å². The number of nitrogens with zero attached hydrogens (tertiary/aromatic N) is 4. The number of carbonyl (C=O) groups excluding carboxylic acids is 1. The highest BCUT2D eigenvalue weighted by Crippen LogP contribution is 2.20. The molecule has 0 unspecified atom stereocenters. The van der Waals surface area contributed by atoms with Gasteiger partial charge >= 0.3 is 0 Å². The molecule has 1 aromatic heterocycles. The fraction of sp³-hybridized carbons (Fsp3) is 0.421. The van der Waals surface area contributed by atoms with Crippen LogP contribution in [0.5, 0.6) is 0 Å². The number of piperidine rings is 1. The van der Waals surface area contributed by atoms with Crippen molar-refractivity contribution in [2.24, 2.45) is 0 Å². The third kappa shape index (κ3) is 4.54. The first-order chi connectivity index (χ1) is 12.1. The van der Waals surface area contributed by atoms with E-state index in [1.165, 1.54) is 10.5 Å². The van der Waals surface area contributed by atoms with Gasteiger partial charge in [-0.25, -0.2) is 0 Å². The molecule has 0 bridgehead atoms. The van der Waals surface area contributed by atoms with Crippen LogP contribution in [0.15, 0.2) is 42.5 Å². The smallest absolute Gasteiger partial charge is 0.273 e. The van der Waals surface area contributed by atoms with Crippen LogP contribution in [0.2, 0.25) is 0 Å². The lowest BCUT2D eigenvalue weighted by atomic mass is 10.1. The number of amides is 1. The molecule has 0 saturated carbocycles. The van der Waals surface area contributed by atoms with Crippen LogP contribution in [0.25, 0.3) is 0 Å². The van der Waals surface area contributed by atoms with Gasteiger partial charge < -0.3 is 14.5 Å². The molecule has 0 aliphatic carbocycles. The molecule has 6 nitrogen and oxygen atoms in total. The minimum atomic E-state index is -0.132. The van der Waals surface area contributed by atoms with E-state index in [1.54, 1.807) is 20.2 Å². The highest BCUT2D eigenvalue weighted by atomic mass is 16.5. The molecular formula is C19H24N4O2. The van der Waals surface area contributed by atoms with E-state index in [9.17, 15) is 4.79 Å². The quantitative estimate of drug-likeness (QED) is 0.836. The van der Waals surface area contributed by atoms with Crippen LogP contribution in [0.1, 0.15) is 28.9 Å². The van der Waals surface area contributed by atoms with E-state index < -0.39 is 0 Å². The summed E-state index contributed by atoms with van der Waals surface area (Å²) in [7, 11) is 3.41. The van der Waals surface area contributed by atoms with Crippen LogP contribution in [0.4, 0.5) is 5.82 Å². The van der Waals surface area contributed by atoms with Gasteiger partial charge in [0, 0.05) is 27.2 Å². The number of ether oxygens (including phenoxy) is 1. The number of carbonyl (C=O) groups is 1. The van der Waals surface area contributed by atoms with Crippen LogP contribution < -0.4 is 4.90 Å². The highest BCUT2D eigenvalue weighted by molar-refractivity contribution is 5.91. The lowest BCUT2D eigenvalue weighted by Gasteiger charge is -2.32. The van der Waals surface area contributed by atoms with Gasteiger partial charge in [0.2, 0.25) is 0 Å². The molecule has 3 rings (SSSR count). The van der Waals surface area contributed by atoms with Crippen molar-refractivity contribution >= 4 is 11.7 Å². The second-order valence-electron chi connectivity index (χ2n) is 6.46. The fourth-order valence-corrected chi connectivity index (χ4v) is 2.88. The molecule has 1 aliphatic heterocycles. The predicted octanol–water partition coefficient (Wildman–Crippen LogP) is 2.36. The number of anilines is 1. The van der Waals surface area contributed by atoms with Gasteiger partial charge in [-0.05, 0) is 30.5 Å². The fourth-order valence-electron chi connectivity index (χ4n) is 2.88. The van der Waals surface area contributed by atoms with Crippen molar-refractivity contribution in [3.8, 4) is 0 Å². The Bertz CT molecular complexity index is 680. The van der Waals surface area contributed by atoms with Gasteiger partial charge in [0.25, 0.3) is 5.91 Å². The van der Waals surface area contributed by atoms with Crippen LogP contribution in [0, 0.1) is 0 Å². The molecule has 1 aromatic carbocycles. The van der Waals surface area contributed by atoms with E-state index in [0.29, 0.717) is 12.3 Å². The van der Waals surface area contributed by atoms with Crippen molar-refractivity contribution in [2.45, 2.75) is 25.6 Å². The molecule has 1 aliphatic rings. The summed E-state index contributed by atoms with van der Waals surface area (Å²) in [6.45, 7) is 2.43. The lowest BCUT2D eigenvalue weighted by molar-refractivity contribution is 0.0250. The number of hydrogen-bond acceptors (Lipinski definition) is 5. The van der Waals surface area contributed by atoms with Crippen LogP contribution in [0.3, 0.4) is 0 Å². The predicted molar refractivity (Wildman–Crippen MR) is 96.5 cm³/mol. The van der Waals surface area contributed by atoms with Crippen molar-refractivity contribution in [3.63, 3.8) is 0 Å². The van der Waals surface area contributed by atoms with Gasteiger partial charge in [-0.1, -0.05) is 30.3 Å². The zero-order valence-electron chi connectivity index (χ0n) is 14.8. The van der Waals surface area contributed by atoms with Gasteiger partial charge in [0.15, 0.2) is 11.5 Å². The van der Waals surface area contributed by atoms with E-state index in [4.69, 9.17) is 4.74 Å². The van der Waals surface area contributed by atoms with Crippen LogP contribution in [-0.2, 0) is 11.3 Å². The Morgan fingerprint density at radius 2 is 1.84 bits per heavy atom. The Balaban J connectivity index is 1.49.